The SMILES string of the molecule is CCCCNS(=O)(=O)NC[C@H](O)[C@@H](N)C[C@H](Cc1ccc(OC)c(OCCCOC)c1)C(C)C. The second-order valence-corrected chi connectivity index (χ2v) is 10.5. The molecule has 0 saturated heterocycles. The normalized spacial score (nSPS) is 14.7. The largest absolute Gasteiger partial charge is 0.493 e. The van der Waals surface area contributed by atoms with Crippen LogP contribution in [0.5, 0.6) is 11.5 Å². The molecule has 1 rings (SSSR count). The van der Waals surface area contributed by atoms with Gasteiger partial charge in [-0.2, -0.15) is 13.1 Å². The zero-order chi connectivity index (χ0) is 25.6. The molecule has 198 valence electrons. The monoisotopic (exact) mass is 503 g/mol. The highest BCUT2D eigenvalue weighted by Gasteiger charge is 2.24. The molecule has 0 aliphatic heterocycles. The van der Waals surface area contributed by atoms with Crippen molar-refractivity contribution in [3.8, 4) is 11.5 Å². The van der Waals surface area contributed by atoms with Crippen molar-refractivity contribution in [1.82, 2.24) is 9.44 Å². The third-order valence-corrected chi connectivity index (χ3v) is 6.92. The topological polar surface area (TPSA) is 132 Å². The molecule has 10 heteroatoms. The van der Waals surface area contributed by atoms with E-state index in [0.29, 0.717) is 43.6 Å². The number of aliphatic hydroxyl groups is 1. The third-order valence-electron chi connectivity index (χ3n) is 5.79. The number of benzene rings is 1. The Morgan fingerprint density at radius 2 is 1.82 bits per heavy atom. The summed E-state index contributed by atoms with van der Waals surface area (Å²) >= 11 is 0. The first kappa shape index (κ1) is 30.6. The molecule has 0 aliphatic carbocycles. The second kappa shape index (κ2) is 16.3. The van der Waals surface area contributed by atoms with E-state index in [4.69, 9.17) is 19.9 Å². The third kappa shape index (κ3) is 11.8. The number of rotatable bonds is 19. The van der Waals surface area contributed by atoms with Crippen LogP contribution in [0, 0.1) is 11.8 Å². The maximum Gasteiger partial charge on any atom is 0.276 e. The molecule has 0 bridgehead atoms. The number of unbranched alkanes of at least 4 members (excludes halogenated alkanes) is 1. The van der Waals surface area contributed by atoms with Gasteiger partial charge in [-0.1, -0.05) is 33.3 Å². The van der Waals surface area contributed by atoms with Crippen LogP contribution in [0.2, 0.25) is 0 Å². The van der Waals surface area contributed by atoms with E-state index in [1.807, 2.05) is 25.1 Å². The Labute approximate surface area is 205 Å². The fourth-order valence-electron chi connectivity index (χ4n) is 3.53. The predicted octanol–water partition coefficient (Wildman–Crippen LogP) is 2.23. The van der Waals surface area contributed by atoms with E-state index in [0.717, 1.165) is 31.2 Å². The summed E-state index contributed by atoms with van der Waals surface area (Å²) in [5.74, 6) is 1.87. The van der Waals surface area contributed by atoms with Crippen LogP contribution in [0.3, 0.4) is 0 Å². The number of hydrogen-bond donors (Lipinski definition) is 4. The number of hydrogen-bond acceptors (Lipinski definition) is 7. The summed E-state index contributed by atoms with van der Waals surface area (Å²) in [6.07, 6.45) is 2.75. The van der Waals surface area contributed by atoms with Gasteiger partial charge >= 0.3 is 0 Å². The molecule has 1 aromatic carbocycles. The molecule has 0 aliphatic rings. The molecular weight excluding hydrogens is 458 g/mol. The smallest absolute Gasteiger partial charge is 0.276 e. The highest BCUT2D eigenvalue weighted by Crippen LogP contribution is 2.31. The van der Waals surface area contributed by atoms with Crippen molar-refractivity contribution in [3.05, 3.63) is 23.8 Å². The van der Waals surface area contributed by atoms with Crippen molar-refractivity contribution in [1.29, 1.82) is 0 Å². The number of nitrogens with one attached hydrogen (secondary N) is 2. The Balaban J connectivity index is 2.72. The van der Waals surface area contributed by atoms with Crippen LogP contribution >= 0.6 is 0 Å². The van der Waals surface area contributed by atoms with Crippen molar-refractivity contribution in [2.24, 2.45) is 17.6 Å². The van der Waals surface area contributed by atoms with Gasteiger partial charge in [-0.15, -0.1) is 0 Å². The Bertz CT molecular complexity index is 791. The van der Waals surface area contributed by atoms with Crippen LogP contribution in [0.15, 0.2) is 18.2 Å². The van der Waals surface area contributed by atoms with Gasteiger partial charge < -0.3 is 25.1 Å². The van der Waals surface area contributed by atoms with Gasteiger partial charge in [-0.3, -0.25) is 0 Å². The molecular formula is C24H45N3O6S. The van der Waals surface area contributed by atoms with Gasteiger partial charge in [-0.05, 0) is 48.8 Å². The summed E-state index contributed by atoms with van der Waals surface area (Å²) < 4.78 is 45.2. The van der Waals surface area contributed by atoms with Crippen LogP contribution in [-0.4, -0.2) is 66.2 Å². The average molecular weight is 504 g/mol. The molecule has 0 heterocycles. The average Bonchev–Trinajstić information content (AvgIpc) is 2.80. The van der Waals surface area contributed by atoms with Gasteiger partial charge in [0.25, 0.3) is 10.2 Å². The zero-order valence-electron chi connectivity index (χ0n) is 21.4. The summed E-state index contributed by atoms with van der Waals surface area (Å²) in [5, 5.41) is 10.5. The minimum absolute atomic E-state index is 0.130. The first-order valence-electron chi connectivity index (χ1n) is 12.1. The molecule has 3 atom stereocenters. The Morgan fingerprint density at radius 3 is 2.44 bits per heavy atom. The highest BCUT2D eigenvalue weighted by molar-refractivity contribution is 7.87. The van der Waals surface area contributed by atoms with Gasteiger partial charge in [0.15, 0.2) is 11.5 Å². The fourth-order valence-corrected chi connectivity index (χ4v) is 4.43. The predicted molar refractivity (Wildman–Crippen MR) is 135 cm³/mol. The molecule has 0 aromatic heterocycles. The molecule has 0 unspecified atom stereocenters. The van der Waals surface area contributed by atoms with E-state index in [2.05, 4.69) is 23.3 Å². The summed E-state index contributed by atoms with van der Waals surface area (Å²) in [4.78, 5) is 0. The summed E-state index contributed by atoms with van der Waals surface area (Å²) in [5.41, 5.74) is 7.36. The van der Waals surface area contributed by atoms with Gasteiger partial charge in [-0.25, -0.2) is 4.72 Å². The highest BCUT2D eigenvalue weighted by atomic mass is 32.2. The van der Waals surface area contributed by atoms with Gasteiger partial charge in [0, 0.05) is 39.3 Å². The molecule has 5 N–H and O–H groups in total. The maximum atomic E-state index is 12.0. The van der Waals surface area contributed by atoms with E-state index in [1.165, 1.54) is 0 Å². The standard InChI is InChI=1S/C24H45N3O6S/c1-6-7-11-26-34(29,30)27-17-22(28)21(25)16-20(18(2)3)14-19-9-10-23(32-5)24(15-19)33-13-8-12-31-4/h9-10,15,18,20-22,26-28H,6-8,11-14,16-17,25H2,1-5H3/t20-,21-,22-/m0/s1. The van der Waals surface area contributed by atoms with Crippen LogP contribution in [0.1, 0.15) is 52.0 Å². The summed E-state index contributed by atoms with van der Waals surface area (Å²) in [6.45, 7) is 7.62. The lowest BCUT2D eigenvalue weighted by Gasteiger charge is -2.27. The summed E-state index contributed by atoms with van der Waals surface area (Å²) in [7, 11) is -0.374. The molecule has 0 amide bonds. The van der Waals surface area contributed by atoms with Gasteiger partial charge in [0.1, 0.15) is 0 Å². The Morgan fingerprint density at radius 1 is 1.09 bits per heavy atom. The number of aliphatic hydroxyl groups excluding tert-OH is 1. The Hall–Kier alpha value is -1.43. The van der Waals surface area contributed by atoms with Crippen LogP contribution in [0.25, 0.3) is 0 Å². The lowest BCUT2D eigenvalue weighted by Crippen LogP contribution is -2.47. The van der Waals surface area contributed by atoms with E-state index < -0.39 is 22.4 Å². The minimum atomic E-state index is -3.65. The first-order chi connectivity index (χ1) is 16.1. The van der Waals surface area contributed by atoms with Crippen molar-refractivity contribution in [2.45, 2.75) is 65.0 Å². The minimum Gasteiger partial charge on any atom is -0.493 e. The van der Waals surface area contributed by atoms with E-state index >= 15 is 0 Å². The molecule has 0 fully saturated rings. The van der Waals surface area contributed by atoms with Crippen molar-refractivity contribution < 1.29 is 27.7 Å². The van der Waals surface area contributed by atoms with Crippen molar-refractivity contribution in [2.75, 3.05) is 40.5 Å². The molecule has 9 nitrogen and oxygen atoms in total. The lowest BCUT2D eigenvalue weighted by atomic mass is 9.83. The number of ether oxygens (including phenoxy) is 3. The number of nitrogens with two attached hydrogens (primary N) is 1. The zero-order valence-corrected chi connectivity index (χ0v) is 22.2. The molecule has 0 radical (unpaired) electrons. The van der Waals surface area contributed by atoms with Crippen LogP contribution in [-0.2, 0) is 21.4 Å². The van der Waals surface area contributed by atoms with Gasteiger partial charge in [0.05, 0.1) is 19.8 Å². The van der Waals surface area contributed by atoms with Crippen molar-refractivity contribution >= 4 is 10.2 Å². The second-order valence-electron chi connectivity index (χ2n) is 8.95. The van der Waals surface area contributed by atoms with E-state index in [9.17, 15) is 13.5 Å². The fraction of sp³-hybridized carbons (Fsp3) is 0.750. The van der Waals surface area contributed by atoms with E-state index in [1.54, 1.807) is 14.2 Å². The lowest BCUT2D eigenvalue weighted by molar-refractivity contribution is 0.129. The molecule has 0 saturated carbocycles. The van der Waals surface area contributed by atoms with Crippen LogP contribution in [0.4, 0.5) is 0 Å². The van der Waals surface area contributed by atoms with Gasteiger partial charge in [0.2, 0.25) is 0 Å². The first-order valence-corrected chi connectivity index (χ1v) is 13.6. The Kier molecular flexibility index (Phi) is 14.7. The maximum absolute atomic E-state index is 12.0. The molecule has 0 spiro atoms. The number of methoxy groups -OCH3 is 2. The summed E-state index contributed by atoms with van der Waals surface area (Å²) in [6, 6.07) is 5.33. The van der Waals surface area contributed by atoms with Crippen LogP contribution < -0.4 is 24.7 Å². The molecule has 1 aromatic rings. The van der Waals surface area contributed by atoms with E-state index in [-0.39, 0.29) is 12.5 Å². The molecule has 34 heavy (non-hydrogen) atoms. The van der Waals surface area contributed by atoms with Crippen molar-refractivity contribution in [3.63, 3.8) is 0 Å². The quantitative estimate of drug-likeness (QED) is 0.213.